The minimum atomic E-state index is -5.08. The third-order valence-electron chi connectivity index (χ3n) is 7.20. The van der Waals surface area contributed by atoms with Gasteiger partial charge in [-0.1, -0.05) is 18.9 Å². The average molecular weight is 455 g/mol. The van der Waals surface area contributed by atoms with Crippen LogP contribution in [0, 0.1) is 11.8 Å². The van der Waals surface area contributed by atoms with E-state index >= 15 is 0 Å². The molecule has 0 unspecified atom stereocenters. The van der Waals surface area contributed by atoms with Crippen LogP contribution >= 0.6 is 0 Å². The molecule has 0 radical (unpaired) electrons. The number of piperidine rings is 1. The number of benzene rings is 1. The molecule has 4 aliphatic rings. The highest BCUT2D eigenvalue weighted by atomic mass is 19.4. The Labute approximate surface area is 184 Å². The summed E-state index contributed by atoms with van der Waals surface area (Å²) in [5.74, 6) is -1.12. The fourth-order valence-electron chi connectivity index (χ4n) is 5.59. The fraction of sp³-hybridized carbons (Fsp3) is 0.652. The third-order valence-corrected chi connectivity index (χ3v) is 7.20. The summed E-state index contributed by atoms with van der Waals surface area (Å²) in [4.78, 5) is 20.5. The van der Waals surface area contributed by atoms with Crippen molar-refractivity contribution in [1.29, 1.82) is 0 Å². The van der Waals surface area contributed by atoms with Gasteiger partial charge in [0.2, 0.25) is 6.79 Å². The number of carbonyl (C=O) groups is 2. The number of carboxylic acid groups (broad SMARTS) is 1. The first kappa shape index (κ1) is 22.9. The van der Waals surface area contributed by atoms with E-state index < -0.39 is 12.1 Å². The monoisotopic (exact) mass is 455 g/mol. The number of ether oxygens (including phenoxy) is 2. The molecule has 6 nitrogen and oxygen atoms in total. The van der Waals surface area contributed by atoms with Crippen LogP contribution in [0.15, 0.2) is 18.2 Å². The number of aliphatic carboxylic acids is 1. The number of carbonyl (C=O) groups excluding carboxylic acids is 1. The molecule has 32 heavy (non-hydrogen) atoms. The lowest BCUT2D eigenvalue weighted by atomic mass is 9.53. The molecule has 0 aromatic heterocycles. The number of hydrogen-bond donors (Lipinski definition) is 2. The number of carboxylic acids is 1. The van der Waals surface area contributed by atoms with Gasteiger partial charge in [0.05, 0.1) is 5.92 Å². The van der Waals surface area contributed by atoms with Gasteiger partial charge in [-0.15, -0.1) is 0 Å². The van der Waals surface area contributed by atoms with E-state index in [0.717, 1.165) is 37.5 Å². The smallest absolute Gasteiger partial charge is 0.475 e. The number of rotatable bonds is 4. The lowest BCUT2D eigenvalue weighted by molar-refractivity contribution is -0.192. The van der Waals surface area contributed by atoms with Gasteiger partial charge in [-0.2, -0.15) is 13.2 Å². The Morgan fingerprint density at radius 3 is 2.59 bits per heavy atom. The van der Waals surface area contributed by atoms with E-state index in [2.05, 4.69) is 17.4 Å². The lowest BCUT2D eigenvalue weighted by Gasteiger charge is -2.56. The van der Waals surface area contributed by atoms with Gasteiger partial charge >= 0.3 is 18.1 Å². The van der Waals surface area contributed by atoms with E-state index in [9.17, 15) is 18.0 Å². The summed E-state index contributed by atoms with van der Waals surface area (Å²) in [6.45, 7) is 1.17. The third kappa shape index (κ3) is 4.72. The summed E-state index contributed by atoms with van der Waals surface area (Å²) >= 11 is 0. The highest BCUT2D eigenvalue weighted by molar-refractivity contribution is 5.74. The summed E-state index contributed by atoms with van der Waals surface area (Å²) in [7, 11) is 0. The van der Waals surface area contributed by atoms with Crippen LogP contribution < -0.4 is 10.1 Å². The molecule has 0 spiro atoms. The molecule has 1 heterocycles. The van der Waals surface area contributed by atoms with Gasteiger partial charge in [0.15, 0.2) is 0 Å². The molecule has 1 aliphatic heterocycles. The maximum absolute atomic E-state index is 11.6. The van der Waals surface area contributed by atoms with Crippen molar-refractivity contribution in [3.8, 4) is 5.75 Å². The molecule has 1 aromatic rings. The fourth-order valence-corrected chi connectivity index (χ4v) is 5.59. The molecule has 1 saturated heterocycles. The Hall–Kier alpha value is -2.29. The largest absolute Gasteiger partial charge is 0.490 e. The Bertz CT molecular complexity index is 866. The van der Waals surface area contributed by atoms with Crippen molar-refractivity contribution < 1.29 is 37.3 Å². The Morgan fingerprint density at radius 1 is 1.16 bits per heavy atom. The zero-order chi connectivity index (χ0) is 22.9. The van der Waals surface area contributed by atoms with E-state index in [1.54, 1.807) is 0 Å². The van der Waals surface area contributed by atoms with Crippen LogP contribution in [0.25, 0.3) is 0 Å². The first-order valence-electron chi connectivity index (χ1n) is 11.2. The van der Waals surface area contributed by atoms with Crippen LogP contribution in [0.4, 0.5) is 13.2 Å². The average Bonchev–Trinajstić information content (AvgIpc) is 3.59. The molecule has 176 valence electrons. The van der Waals surface area contributed by atoms with Gasteiger partial charge < -0.3 is 19.9 Å². The first-order valence-corrected chi connectivity index (χ1v) is 11.2. The molecule has 2 saturated carbocycles. The second-order valence-corrected chi connectivity index (χ2v) is 9.14. The predicted molar refractivity (Wildman–Crippen MR) is 108 cm³/mol. The molecular weight excluding hydrogens is 427 g/mol. The molecule has 3 fully saturated rings. The van der Waals surface area contributed by atoms with Gasteiger partial charge in [-0.05, 0) is 74.2 Å². The standard InChI is InChI=1S/C21H27NO3.C2HF3O2/c23-20(14-4-5-14)25-13-24-16-7-6-15-11-19-17-3-1-2-8-21(17,9-10-22-19)18(15)12-16;3-2(4,5)1(6)7/h6-7,12,14,17,19,22H,1-5,8-11,13H2;(H,6,7)/t17-,19-,21+;/m1./s1. The van der Waals surface area contributed by atoms with Gasteiger partial charge in [-0.25, -0.2) is 4.79 Å². The van der Waals surface area contributed by atoms with Gasteiger partial charge in [-0.3, -0.25) is 4.79 Å². The number of hydrogen-bond acceptors (Lipinski definition) is 5. The second kappa shape index (κ2) is 8.92. The van der Waals surface area contributed by atoms with Crippen LogP contribution in [0.2, 0.25) is 0 Å². The van der Waals surface area contributed by atoms with E-state index in [-0.39, 0.29) is 18.7 Å². The molecule has 1 aromatic carbocycles. The van der Waals surface area contributed by atoms with Crippen molar-refractivity contribution in [3.05, 3.63) is 29.3 Å². The highest BCUT2D eigenvalue weighted by Crippen LogP contribution is 2.54. The van der Waals surface area contributed by atoms with E-state index in [0.29, 0.717) is 11.5 Å². The van der Waals surface area contributed by atoms with Gasteiger partial charge in [0.25, 0.3) is 0 Å². The molecule has 2 bridgehead atoms. The molecule has 3 atom stereocenters. The number of halogens is 3. The summed E-state index contributed by atoms with van der Waals surface area (Å²) in [5.41, 5.74) is 3.34. The van der Waals surface area contributed by atoms with Crippen molar-refractivity contribution in [2.45, 2.75) is 69.0 Å². The van der Waals surface area contributed by atoms with Crippen molar-refractivity contribution in [3.63, 3.8) is 0 Å². The molecule has 5 rings (SSSR count). The number of nitrogens with one attached hydrogen (secondary N) is 1. The van der Waals surface area contributed by atoms with Gasteiger partial charge in [0, 0.05) is 11.5 Å². The minimum absolute atomic E-state index is 0.0364. The Kier molecular flexibility index (Phi) is 6.38. The molecule has 9 heteroatoms. The molecule has 2 N–H and O–H groups in total. The van der Waals surface area contributed by atoms with Crippen LogP contribution in [-0.2, 0) is 26.2 Å². The number of esters is 1. The second-order valence-electron chi connectivity index (χ2n) is 9.14. The van der Waals surface area contributed by atoms with E-state index in [4.69, 9.17) is 19.4 Å². The quantitative estimate of drug-likeness (QED) is 0.528. The van der Waals surface area contributed by atoms with Crippen molar-refractivity contribution in [1.82, 2.24) is 5.32 Å². The zero-order valence-corrected chi connectivity index (χ0v) is 17.7. The highest BCUT2D eigenvalue weighted by Gasteiger charge is 2.51. The summed E-state index contributed by atoms with van der Waals surface area (Å²) in [6, 6.07) is 7.17. The summed E-state index contributed by atoms with van der Waals surface area (Å²) in [5, 5.41) is 10.9. The van der Waals surface area contributed by atoms with Crippen molar-refractivity contribution >= 4 is 11.9 Å². The topological polar surface area (TPSA) is 84.9 Å². The SMILES string of the molecule is O=C(O)C(F)(F)F.O=C(OCOc1ccc2c(c1)[C@]13CCCC[C@@H]1[C@@H](C2)NCC3)C1CC1. The van der Waals surface area contributed by atoms with Crippen LogP contribution in [-0.4, -0.2) is 42.6 Å². The Balaban J connectivity index is 0.000000307. The number of alkyl halides is 3. The minimum Gasteiger partial charge on any atom is -0.475 e. The van der Waals surface area contributed by atoms with Crippen LogP contribution in [0.5, 0.6) is 5.75 Å². The number of fused-ring (bicyclic) bond motifs is 1. The Morgan fingerprint density at radius 2 is 1.91 bits per heavy atom. The molecular formula is C23H28F3NO5. The normalized spacial score (nSPS) is 28.3. The summed E-state index contributed by atoms with van der Waals surface area (Å²) in [6.07, 6.45) is 4.59. The maximum Gasteiger partial charge on any atom is 0.490 e. The summed E-state index contributed by atoms with van der Waals surface area (Å²) < 4.78 is 42.7. The van der Waals surface area contributed by atoms with Crippen molar-refractivity contribution in [2.75, 3.05) is 13.3 Å². The van der Waals surface area contributed by atoms with Crippen molar-refractivity contribution in [2.24, 2.45) is 11.8 Å². The van der Waals surface area contributed by atoms with Crippen LogP contribution in [0.3, 0.4) is 0 Å². The van der Waals surface area contributed by atoms with E-state index in [1.165, 1.54) is 43.2 Å². The van der Waals surface area contributed by atoms with E-state index in [1.807, 2.05) is 6.07 Å². The first-order chi connectivity index (χ1) is 15.2. The molecule has 0 amide bonds. The predicted octanol–water partition coefficient (Wildman–Crippen LogP) is 3.96. The lowest BCUT2D eigenvalue weighted by Crippen LogP contribution is -2.59. The molecule has 3 aliphatic carbocycles. The van der Waals surface area contributed by atoms with Crippen LogP contribution in [0.1, 0.15) is 56.1 Å². The van der Waals surface area contributed by atoms with Gasteiger partial charge in [0.1, 0.15) is 5.75 Å². The zero-order valence-electron chi connectivity index (χ0n) is 17.7. The maximum atomic E-state index is 11.6.